The molecular weight excluding hydrogens is 338 g/mol. The van der Waals surface area contributed by atoms with Gasteiger partial charge in [-0.15, -0.1) is 0 Å². The molecule has 0 bridgehead atoms. The lowest BCUT2D eigenvalue weighted by molar-refractivity contribution is 0.170. The molecule has 1 heterocycles. The smallest absolute Gasteiger partial charge is 0.414 e. The lowest BCUT2D eigenvalue weighted by Gasteiger charge is -2.32. The molecule has 0 N–H and O–H groups in total. The van der Waals surface area contributed by atoms with Crippen molar-refractivity contribution in [3.05, 3.63) is 58.6 Å². The molecule has 1 aliphatic heterocycles. The van der Waals surface area contributed by atoms with Gasteiger partial charge >= 0.3 is 6.09 Å². The summed E-state index contributed by atoms with van der Waals surface area (Å²) < 4.78 is 11.3. The van der Waals surface area contributed by atoms with Crippen LogP contribution in [0, 0.1) is 5.92 Å². The van der Waals surface area contributed by atoms with E-state index >= 15 is 0 Å². The van der Waals surface area contributed by atoms with Crippen molar-refractivity contribution >= 4 is 17.7 Å². The highest BCUT2D eigenvalue weighted by Crippen LogP contribution is 2.43. The van der Waals surface area contributed by atoms with E-state index in [0.717, 1.165) is 17.7 Å². The number of carbonyl (C=O) groups is 1. The molecule has 0 unspecified atom stereocenters. The van der Waals surface area contributed by atoms with Crippen molar-refractivity contribution in [2.24, 2.45) is 5.92 Å². The zero-order valence-electron chi connectivity index (χ0n) is 14.7. The van der Waals surface area contributed by atoms with Crippen LogP contribution >= 0.6 is 11.6 Å². The Labute approximate surface area is 153 Å². The Morgan fingerprint density at radius 3 is 2.68 bits per heavy atom. The molecule has 0 saturated heterocycles. The molecule has 0 saturated carbocycles. The van der Waals surface area contributed by atoms with Crippen molar-refractivity contribution in [3.8, 4) is 11.5 Å². The summed E-state index contributed by atoms with van der Waals surface area (Å²) >= 11 is 6.33. The maximum Gasteiger partial charge on any atom is 0.414 e. The summed E-state index contributed by atoms with van der Waals surface area (Å²) in [4.78, 5) is 13.1. The van der Waals surface area contributed by atoms with Gasteiger partial charge in [-0.2, -0.15) is 0 Å². The van der Waals surface area contributed by atoms with Crippen LogP contribution in [0.3, 0.4) is 0 Å². The number of nitrogens with zero attached hydrogens (tertiary/aromatic N) is 1. The number of carbonyl (C=O) groups excluding carboxylic acids is 1. The van der Waals surface area contributed by atoms with Crippen LogP contribution in [0.15, 0.2) is 42.5 Å². The molecule has 0 fully saturated rings. The van der Waals surface area contributed by atoms with Crippen LogP contribution in [0.2, 0.25) is 5.02 Å². The first-order valence-electron chi connectivity index (χ1n) is 8.35. The highest BCUT2D eigenvalue weighted by atomic mass is 35.5. The summed E-state index contributed by atoms with van der Waals surface area (Å²) in [5.41, 5.74) is 2.36. The summed E-state index contributed by atoms with van der Waals surface area (Å²) in [6, 6.07) is 14.0. The zero-order valence-corrected chi connectivity index (χ0v) is 15.4. The first-order valence-corrected chi connectivity index (χ1v) is 8.72. The zero-order chi connectivity index (χ0) is 18.0. The highest BCUT2D eigenvalue weighted by molar-refractivity contribution is 6.32. The number of rotatable bonds is 3. The van der Waals surface area contributed by atoms with Crippen LogP contribution in [0.1, 0.15) is 24.0 Å². The van der Waals surface area contributed by atoms with E-state index in [1.165, 1.54) is 10.5 Å². The topological polar surface area (TPSA) is 38.8 Å². The van der Waals surface area contributed by atoms with Crippen LogP contribution in [0.25, 0.3) is 0 Å². The fourth-order valence-corrected chi connectivity index (χ4v) is 3.25. The molecule has 0 aromatic heterocycles. The summed E-state index contributed by atoms with van der Waals surface area (Å²) in [5.74, 6) is 1.75. The third-order valence-corrected chi connectivity index (χ3v) is 4.91. The van der Waals surface area contributed by atoms with E-state index in [1.54, 1.807) is 20.2 Å². The SMILES string of the molecule is C[C@@H]1c2cc(Cl)c(OC(=O)N(C)C)cc2OC[C@H]1Cc1ccccc1. The monoisotopic (exact) mass is 359 g/mol. The fraction of sp³-hybridized carbons (Fsp3) is 0.350. The molecule has 132 valence electrons. The Morgan fingerprint density at radius 1 is 1.28 bits per heavy atom. The van der Waals surface area contributed by atoms with E-state index in [2.05, 4.69) is 31.2 Å². The van der Waals surface area contributed by atoms with Crippen LogP contribution in [0.5, 0.6) is 11.5 Å². The van der Waals surface area contributed by atoms with E-state index < -0.39 is 6.09 Å². The Balaban J connectivity index is 1.80. The highest BCUT2D eigenvalue weighted by Gasteiger charge is 2.29. The van der Waals surface area contributed by atoms with Gasteiger partial charge in [-0.3, -0.25) is 0 Å². The lowest BCUT2D eigenvalue weighted by atomic mass is 9.82. The molecule has 2 aromatic rings. The van der Waals surface area contributed by atoms with Crippen molar-refractivity contribution < 1.29 is 14.3 Å². The van der Waals surface area contributed by atoms with Gasteiger partial charge in [-0.1, -0.05) is 48.9 Å². The van der Waals surface area contributed by atoms with Gasteiger partial charge in [0.2, 0.25) is 0 Å². The quantitative estimate of drug-likeness (QED) is 0.793. The Bertz CT molecular complexity index is 761. The van der Waals surface area contributed by atoms with Gasteiger partial charge in [0, 0.05) is 26.1 Å². The normalized spacial score (nSPS) is 18.9. The van der Waals surface area contributed by atoms with E-state index in [-0.39, 0.29) is 0 Å². The maximum absolute atomic E-state index is 11.8. The van der Waals surface area contributed by atoms with E-state index in [9.17, 15) is 4.79 Å². The van der Waals surface area contributed by atoms with Crippen LogP contribution < -0.4 is 9.47 Å². The summed E-state index contributed by atoms with van der Waals surface area (Å²) in [6.45, 7) is 2.82. The molecule has 2 aromatic carbocycles. The molecule has 0 spiro atoms. The standard InChI is InChI=1S/C20H22ClNO3/c1-13-15(9-14-7-5-4-6-8-14)12-24-18-11-19(17(21)10-16(13)18)25-20(23)22(2)3/h4-8,10-11,13,15H,9,12H2,1-3H3/t13-,15+/m0/s1. The number of amides is 1. The number of ether oxygens (including phenoxy) is 2. The fourth-order valence-electron chi connectivity index (χ4n) is 3.04. The molecule has 3 rings (SSSR count). The Kier molecular flexibility index (Phi) is 5.19. The summed E-state index contributed by atoms with van der Waals surface area (Å²) in [7, 11) is 3.25. The third kappa shape index (κ3) is 3.90. The van der Waals surface area contributed by atoms with Crippen molar-refractivity contribution in [1.82, 2.24) is 4.90 Å². The van der Waals surface area contributed by atoms with Gasteiger partial charge in [0.15, 0.2) is 5.75 Å². The Hall–Kier alpha value is -2.20. The third-order valence-electron chi connectivity index (χ3n) is 4.62. The van der Waals surface area contributed by atoms with Gasteiger partial charge in [-0.25, -0.2) is 4.79 Å². The number of halogens is 1. The van der Waals surface area contributed by atoms with Crippen LogP contribution in [-0.2, 0) is 6.42 Å². The Morgan fingerprint density at radius 2 is 2.00 bits per heavy atom. The van der Waals surface area contributed by atoms with E-state index in [0.29, 0.717) is 29.2 Å². The van der Waals surface area contributed by atoms with Crippen LogP contribution in [-0.4, -0.2) is 31.7 Å². The lowest BCUT2D eigenvalue weighted by Crippen LogP contribution is -2.27. The molecule has 2 atom stereocenters. The first-order chi connectivity index (χ1) is 12.0. The van der Waals surface area contributed by atoms with Gasteiger partial charge in [0.1, 0.15) is 5.75 Å². The minimum atomic E-state index is -0.465. The molecular formula is C20H22ClNO3. The number of hydrogen-bond donors (Lipinski definition) is 0. The molecule has 4 nitrogen and oxygen atoms in total. The molecule has 1 aliphatic rings. The summed E-state index contributed by atoms with van der Waals surface area (Å²) in [5, 5.41) is 0.421. The average molecular weight is 360 g/mol. The van der Waals surface area contributed by atoms with Crippen LogP contribution in [0.4, 0.5) is 4.79 Å². The van der Waals surface area contributed by atoms with Gasteiger partial charge < -0.3 is 14.4 Å². The first kappa shape index (κ1) is 17.6. The minimum Gasteiger partial charge on any atom is -0.493 e. The van der Waals surface area contributed by atoms with Crippen molar-refractivity contribution in [2.45, 2.75) is 19.3 Å². The molecule has 25 heavy (non-hydrogen) atoms. The minimum absolute atomic E-state index is 0.306. The predicted octanol–water partition coefficient (Wildman–Crippen LogP) is 4.76. The number of fused-ring (bicyclic) bond motifs is 1. The van der Waals surface area contributed by atoms with Crippen molar-refractivity contribution in [3.63, 3.8) is 0 Å². The second-order valence-corrected chi connectivity index (χ2v) is 7.04. The number of benzene rings is 2. The molecule has 1 amide bonds. The average Bonchev–Trinajstić information content (AvgIpc) is 2.59. The number of hydrogen-bond acceptors (Lipinski definition) is 3. The van der Waals surface area contributed by atoms with E-state index in [4.69, 9.17) is 21.1 Å². The predicted molar refractivity (Wildman–Crippen MR) is 98.7 cm³/mol. The summed E-state index contributed by atoms with van der Waals surface area (Å²) in [6.07, 6.45) is 0.490. The second kappa shape index (κ2) is 7.36. The largest absolute Gasteiger partial charge is 0.493 e. The second-order valence-electron chi connectivity index (χ2n) is 6.63. The van der Waals surface area contributed by atoms with E-state index in [1.807, 2.05) is 12.1 Å². The molecule has 0 radical (unpaired) electrons. The van der Waals surface area contributed by atoms with Crippen molar-refractivity contribution in [1.29, 1.82) is 0 Å². The maximum atomic E-state index is 11.8. The van der Waals surface area contributed by atoms with Gasteiger partial charge in [-0.05, 0) is 29.5 Å². The molecule has 5 heteroatoms. The van der Waals surface area contributed by atoms with Gasteiger partial charge in [0.05, 0.1) is 11.6 Å². The van der Waals surface area contributed by atoms with Crippen molar-refractivity contribution in [2.75, 3.05) is 20.7 Å². The molecule has 0 aliphatic carbocycles. The van der Waals surface area contributed by atoms with Gasteiger partial charge in [0.25, 0.3) is 0 Å².